The molecule has 2 N–H and O–H groups in total. The van der Waals surface area contributed by atoms with Gasteiger partial charge in [-0.15, -0.1) is 0 Å². The number of allylic oxidation sites excluding steroid dienone is 1. The number of hydrogen-bond donors (Lipinski definition) is 2. The number of aliphatic hydroxyl groups excluding tert-OH is 1. The number of benzene rings is 1. The molecule has 1 saturated heterocycles. The molecule has 7 rings (SSSR count). The first-order chi connectivity index (χ1) is 20.6. The number of fused-ring (bicyclic) bond motifs is 2. The van der Waals surface area contributed by atoms with Gasteiger partial charge in [-0.2, -0.15) is 5.26 Å². The van der Waals surface area contributed by atoms with Crippen molar-refractivity contribution in [3.8, 4) is 6.07 Å². The van der Waals surface area contributed by atoms with E-state index < -0.39 is 23.7 Å². The van der Waals surface area contributed by atoms with Gasteiger partial charge in [-0.1, -0.05) is 13.8 Å². The third-order valence-electron chi connectivity index (χ3n) is 10.4. The van der Waals surface area contributed by atoms with Gasteiger partial charge in [-0.3, -0.25) is 24.5 Å². The monoisotopic (exact) mass is 577 g/mol. The number of hydrogen-bond acceptors (Lipinski definition) is 8. The smallest absolute Gasteiger partial charge is 0.263 e. The Morgan fingerprint density at radius 1 is 1.02 bits per heavy atom. The van der Waals surface area contributed by atoms with Crippen molar-refractivity contribution in [2.24, 2.45) is 23.2 Å². The molecule has 9 heteroatoms. The summed E-state index contributed by atoms with van der Waals surface area (Å²) in [7, 11) is 1.79. The van der Waals surface area contributed by atoms with Crippen LogP contribution in [0.5, 0.6) is 0 Å². The van der Waals surface area contributed by atoms with Crippen LogP contribution in [0.4, 0.5) is 0 Å². The Balaban J connectivity index is 1.49. The van der Waals surface area contributed by atoms with Gasteiger partial charge in [0.25, 0.3) is 5.91 Å². The SMILES string of the molecule is CN1C(=CC(=O)c2ccc(C#N)cc2)N(CC2CC3CC(C3(C)C)C2(O)CO)C(=O)C1(c1ccncc1)c1ccncc1. The number of nitriles is 1. The molecule has 3 heterocycles. The number of rotatable bonds is 7. The number of likely N-dealkylation sites (N-methyl/N-ethyl adjacent to an activating group) is 1. The summed E-state index contributed by atoms with van der Waals surface area (Å²) in [4.78, 5) is 40.4. The number of aliphatic hydroxyl groups is 2. The Labute approximate surface area is 251 Å². The maximum atomic E-state index is 15.0. The van der Waals surface area contributed by atoms with Crippen molar-refractivity contribution in [3.63, 3.8) is 0 Å². The van der Waals surface area contributed by atoms with Crippen molar-refractivity contribution in [1.29, 1.82) is 5.26 Å². The summed E-state index contributed by atoms with van der Waals surface area (Å²) in [6.45, 7) is 4.00. The lowest BCUT2D eigenvalue weighted by molar-refractivity contribution is -0.248. The Bertz CT molecular complexity index is 1580. The molecule has 3 saturated carbocycles. The highest BCUT2D eigenvalue weighted by Gasteiger charge is 2.65. The van der Waals surface area contributed by atoms with Crippen LogP contribution in [0.3, 0.4) is 0 Å². The molecular weight excluding hydrogens is 542 g/mol. The molecule has 2 bridgehead atoms. The molecule has 4 fully saturated rings. The van der Waals surface area contributed by atoms with Gasteiger partial charge in [-0.25, -0.2) is 0 Å². The average Bonchev–Trinajstić information content (AvgIpc) is 3.23. The van der Waals surface area contributed by atoms with E-state index in [0.29, 0.717) is 40.4 Å². The molecule has 1 aliphatic heterocycles. The zero-order valence-corrected chi connectivity index (χ0v) is 24.5. The van der Waals surface area contributed by atoms with Crippen LogP contribution >= 0.6 is 0 Å². The molecule has 2 aromatic heterocycles. The van der Waals surface area contributed by atoms with Crippen LogP contribution in [0.25, 0.3) is 0 Å². The van der Waals surface area contributed by atoms with Gasteiger partial charge < -0.3 is 15.1 Å². The predicted octanol–water partition coefficient (Wildman–Crippen LogP) is 3.50. The first-order valence-corrected chi connectivity index (χ1v) is 14.5. The van der Waals surface area contributed by atoms with Crippen molar-refractivity contribution in [2.45, 2.75) is 37.8 Å². The number of amides is 1. The Hall–Kier alpha value is -4.39. The zero-order chi connectivity index (χ0) is 30.6. The van der Waals surface area contributed by atoms with Crippen molar-refractivity contribution in [3.05, 3.63) is 107 Å². The van der Waals surface area contributed by atoms with E-state index in [2.05, 4.69) is 29.9 Å². The highest BCUT2D eigenvalue weighted by molar-refractivity contribution is 6.06. The molecule has 0 radical (unpaired) electrons. The molecule has 1 aromatic carbocycles. The van der Waals surface area contributed by atoms with Gasteiger partial charge in [0.1, 0.15) is 5.82 Å². The molecule has 3 aliphatic carbocycles. The van der Waals surface area contributed by atoms with Gasteiger partial charge in [0.15, 0.2) is 11.3 Å². The van der Waals surface area contributed by atoms with Gasteiger partial charge in [-0.05, 0) is 89.8 Å². The summed E-state index contributed by atoms with van der Waals surface area (Å²) in [5, 5.41) is 31.7. The number of ketones is 1. The standard InChI is InChI=1S/C34H35N5O4/c1-32(2)26-16-27(33(43,21-40)29(32)17-26)20-39-30(18-28(41)23-6-4-22(19-35)5-7-23)38(3)34(31(39)42,24-8-12-36-13-9-24)25-10-14-37-15-11-25/h4-15,18,26-27,29,40,43H,16-17,20-21H2,1-3H3. The van der Waals surface area contributed by atoms with Crippen LogP contribution < -0.4 is 0 Å². The van der Waals surface area contributed by atoms with Crippen molar-refractivity contribution >= 4 is 11.7 Å². The Morgan fingerprint density at radius 2 is 1.60 bits per heavy atom. The fourth-order valence-corrected chi connectivity index (χ4v) is 7.83. The molecule has 43 heavy (non-hydrogen) atoms. The highest BCUT2D eigenvalue weighted by Crippen LogP contribution is 2.64. The van der Waals surface area contributed by atoms with Crippen LogP contribution in [0.1, 0.15) is 53.7 Å². The number of carbonyl (C=O) groups is 2. The van der Waals surface area contributed by atoms with Crippen LogP contribution in [0.15, 0.2) is 85.2 Å². The molecule has 4 unspecified atom stereocenters. The second-order valence-corrected chi connectivity index (χ2v) is 12.6. The lowest BCUT2D eigenvalue weighted by atomic mass is 9.41. The van der Waals surface area contributed by atoms with Gasteiger partial charge in [0.05, 0.1) is 23.8 Å². The third-order valence-corrected chi connectivity index (χ3v) is 10.4. The van der Waals surface area contributed by atoms with Gasteiger partial charge >= 0.3 is 0 Å². The maximum Gasteiger partial charge on any atom is 0.263 e. The largest absolute Gasteiger partial charge is 0.393 e. The summed E-state index contributed by atoms with van der Waals surface area (Å²) in [6, 6.07) is 15.6. The molecule has 9 nitrogen and oxygen atoms in total. The Morgan fingerprint density at radius 3 is 2.12 bits per heavy atom. The summed E-state index contributed by atoms with van der Waals surface area (Å²) in [5.41, 5.74) is -0.645. The first-order valence-electron chi connectivity index (χ1n) is 14.5. The summed E-state index contributed by atoms with van der Waals surface area (Å²) < 4.78 is 0. The number of carbonyl (C=O) groups excluding carboxylic acids is 2. The maximum absolute atomic E-state index is 15.0. The minimum absolute atomic E-state index is 0.0953. The third kappa shape index (κ3) is 4.20. The predicted molar refractivity (Wildman–Crippen MR) is 158 cm³/mol. The lowest BCUT2D eigenvalue weighted by Crippen LogP contribution is -2.68. The van der Waals surface area contributed by atoms with E-state index in [1.807, 2.05) is 4.90 Å². The summed E-state index contributed by atoms with van der Waals surface area (Å²) in [6.07, 6.45) is 9.48. The van der Waals surface area contributed by atoms with E-state index in [0.717, 1.165) is 6.42 Å². The number of aromatic nitrogens is 2. The zero-order valence-electron chi connectivity index (χ0n) is 24.5. The van der Waals surface area contributed by atoms with Crippen LogP contribution in [0, 0.1) is 34.5 Å². The van der Waals surface area contributed by atoms with Gasteiger partial charge in [0.2, 0.25) is 0 Å². The van der Waals surface area contributed by atoms with E-state index in [4.69, 9.17) is 0 Å². The number of nitrogens with zero attached hydrogens (tertiary/aromatic N) is 5. The fraction of sp³-hybridized carbons (Fsp3) is 0.382. The second kappa shape index (κ2) is 10.4. The van der Waals surface area contributed by atoms with E-state index >= 15 is 0 Å². The van der Waals surface area contributed by atoms with Gasteiger partial charge in [0, 0.05) is 55.9 Å². The number of pyridine rings is 2. The molecule has 3 aromatic rings. The first kappa shape index (κ1) is 28.7. The van der Waals surface area contributed by atoms with Crippen LogP contribution in [-0.4, -0.2) is 67.5 Å². The molecule has 0 spiro atoms. The average molecular weight is 578 g/mol. The molecule has 220 valence electrons. The molecular formula is C34H35N5O4. The lowest BCUT2D eigenvalue weighted by Gasteiger charge is -2.66. The topological polar surface area (TPSA) is 131 Å². The fourth-order valence-electron chi connectivity index (χ4n) is 7.83. The molecule has 1 amide bonds. The Kier molecular flexibility index (Phi) is 6.95. The van der Waals surface area contributed by atoms with E-state index in [1.54, 1.807) is 85.3 Å². The van der Waals surface area contributed by atoms with E-state index in [1.165, 1.54) is 6.08 Å². The summed E-state index contributed by atoms with van der Waals surface area (Å²) in [5.74, 6) is -0.346. The van der Waals surface area contributed by atoms with Crippen molar-refractivity contribution in [1.82, 2.24) is 19.8 Å². The van der Waals surface area contributed by atoms with E-state index in [-0.39, 0.29) is 29.6 Å². The van der Waals surface area contributed by atoms with E-state index in [9.17, 15) is 25.1 Å². The van der Waals surface area contributed by atoms with Crippen LogP contribution in [-0.2, 0) is 10.3 Å². The van der Waals surface area contributed by atoms with Crippen molar-refractivity contribution in [2.75, 3.05) is 20.2 Å². The second-order valence-electron chi connectivity index (χ2n) is 12.6. The normalized spacial score (nSPS) is 28.0. The van der Waals surface area contributed by atoms with Crippen molar-refractivity contribution < 1.29 is 19.8 Å². The quantitative estimate of drug-likeness (QED) is 0.322. The minimum atomic E-state index is -1.36. The molecule has 4 aliphatic rings. The minimum Gasteiger partial charge on any atom is -0.393 e. The molecule has 4 atom stereocenters. The highest BCUT2D eigenvalue weighted by atomic mass is 16.3. The van der Waals surface area contributed by atoms with Crippen LogP contribution in [0.2, 0.25) is 0 Å². The summed E-state index contributed by atoms with van der Waals surface area (Å²) >= 11 is 0.